The van der Waals surface area contributed by atoms with Crippen molar-refractivity contribution in [3.05, 3.63) is 52.6 Å². The van der Waals surface area contributed by atoms with Crippen molar-refractivity contribution in [2.45, 2.75) is 39.0 Å². The number of rotatable bonds is 9. The Morgan fingerprint density at radius 3 is 2.81 bits per heavy atom. The van der Waals surface area contributed by atoms with Gasteiger partial charge in [-0.1, -0.05) is 6.07 Å². The van der Waals surface area contributed by atoms with E-state index < -0.39 is 0 Å². The second kappa shape index (κ2) is 10.9. The van der Waals surface area contributed by atoms with Crippen molar-refractivity contribution in [1.82, 2.24) is 20.8 Å². The topological polar surface area (TPSA) is 65.1 Å². The quantitative estimate of drug-likeness (QED) is 0.356. The molecule has 1 aromatic heterocycles. The second-order valence-electron chi connectivity index (χ2n) is 6.09. The first kappa shape index (κ1) is 20.3. The summed E-state index contributed by atoms with van der Waals surface area (Å²) in [4.78, 5) is 4.65. The van der Waals surface area contributed by atoms with Gasteiger partial charge < -0.3 is 10.6 Å². The molecule has 0 amide bonds. The highest BCUT2D eigenvalue weighted by molar-refractivity contribution is 7.97. The number of benzene rings is 1. The van der Waals surface area contributed by atoms with Crippen LogP contribution < -0.4 is 10.6 Å². The molecule has 0 saturated heterocycles. The number of aromatic nitrogens is 2. The number of aryl methyl sites for hydroxylation is 2. The Labute approximate surface area is 159 Å². The van der Waals surface area contributed by atoms with Crippen LogP contribution in [-0.2, 0) is 18.7 Å². The summed E-state index contributed by atoms with van der Waals surface area (Å²) in [7, 11) is 0. The molecule has 1 heterocycles. The number of nitrogens with zero attached hydrogens (tertiary/aromatic N) is 2. The predicted octanol–water partition coefficient (Wildman–Crippen LogP) is 3.41. The Balaban J connectivity index is 1.90. The van der Waals surface area contributed by atoms with Crippen LogP contribution in [0.2, 0.25) is 0 Å². The van der Waals surface area contributed by atoms with Crippen molar-refractivity contribution < 1.29 is 4.39 Å². The molecule has 0 atom stereocenters. The summed E-state index contributed by atoms with van der Waals surface area (Å²) >= 11 is 1.68. The Bertz CT molecular complexity index is 714. The zero-order valence-electron chi connectivity index (χ0n) is 15.7. The fourth-order valence-corrected chi connectivity index (χ4v) is 3.24. The molecule has 142 valence electrons. The number of thioether (sulfide) groups is 1. The number of H-pyrrole nitrogens is 1. The van der Waals surface area contributed by atoms with Crippen molar-refractivity contribution in [3.63, 3.8) is 0 Å². The molecule has 0 saturated carbocycles. The largest absolute Gasteiger partial charge is 0.357 e. The highest BCUT2D eigenvalue weighted by Gasteiger charge is 2.05. The minimum Gasteiger partial charge on any atom is -0.357 e. The monoisotopic (exact) mass is 377 g/mol. The molecule has 1 aromatic carbocycles. The van der Waals surface area contributed by atoms with Gasteiger partial charge in [0.25, 0.3) is 0 Å². The highest BCUT2D eigenvalue weighted by atomic mass is 32.2. The normalized spacial score (nSPS) is 11.6. The highest BCUT2D eigenvalue weighted by Crippen LogP contribution is 2.17. The summed E-state index contributed by atoms with van der Waals surface area (Å²) < 4.78 is 13.5. The van der Waals surface area contributed by atoms with Crippen LogP contribution in [0.25, 0.3) is 0 Å². The van der Waals surface area contributed by atoms with E-state index >= 15 is 0 Å². The SMILES string of the molecule is CCNC(=NCc1ccc(F)cc1CSC)NCCCc1cn[nH]c1C. The number of hydrogen-bond acceptors (Lipinski definition) is 3. The van der Waals surface area contributed by atoms with Gasteiger partial charge in [-0.3, -0.25) is 5.10 Å². The van der Waals surface area contributed by atoms with Crippen molar-refractivity contribution in [2.24, 2.45) is 4.99 Å². The van der Waals surface area contributed by atoms with Gasteiger partial charge in [-0.05, 0) is 61.8 Å². The van der Waals surface area contributed by atoms with Gasteiger partial charge in [0.1, 0.15) is 5.82 Å². The van der Waals surface area contributed by atoms with Crippen LogP contribution in [0.15, 0.2) is 29.4 Å². The van der Waals surface area contributed by atoms with Crippen LogP contribution in [0.4, 0.5) is 4.39 Å². The summed E-state index contributed by atoms with van der Waals surface area (Å²) in [5, 5.41) is 13.6. The van der Waals surface area contributed by atoms with E-state index in [9.17, 15) is 4.39 Å². The van der Waals surface area contributed by atoms with Gasteiger partial charge in [-0.15, -0.1) is 0 Å². The zero-order chi connectivity index (χ0) is 18.8. The Kier molecular flexibility index (Phi) is 8.47. The second-order valence-corrected chi connectivity index (χ2v) is 6.96. The molecule has 2 aromatic rings. The number of nitrogens with one attached hydrogen (secondary N) is 3. The average molecular weight is 378 g/mol. The Morgan fingerprint density at radius 2 is 2.12 bits per heavy atom. The first-order valence-corrected chi connectivity index (χ1v) is 10.3. The van der Waals surface area contributed by atoms with Gasteiger partial charge in [0, 0.05) is 24.5 Å². The van der Waals surface area contributed by atoms with Gasteiger partial charge in [0.15, 0.2) is 5.96 Å². The van der Waals surface area contributed by atoms with Gasteiger partial charge >= 0.3 is 0 Å². The molecule has 5 nitrogen and oxygen atoms in total. The lowest BCUT2D eigenvalue weighted by Crippen LogP contribution is -2.37. The summed E-state index contributed by atoms with van der Waals surface area (Å²) in [6, 6.07) is 4.94. The first-order valence-electron chi connectivity index (χ1n) is 8.91. The maximum atomic E-state index is 13.5. The summed E-state index contributed by atoms with van der Waals surface area (Å²) in [6.45, 7) is 6.25. The molecule has 0 radical (unpaired) electrons. The van der Waals surface area contributed by atoms with Crippen molar-refractivity contribution in [3.8, 4) is 0 Å². The predicted molar refractivity (Wildman–Crippen MR) is 108 cm³/mol. The van der Waals surface area contributed by atoms with E-state index in [-0.39, 0.29) is 5.82 Å². The van der Waals surface area contributed by atoms with E-state index in [1.54, 1.807) is 17.8 Å². The average Bonchev–Trinajstić information content (AvgIpc) is 3.03. The maximum absolute atomic E-state index is 13.5. The molecule has 0 spiro atoms. The van der Waals surface area contributed by atoms with Gasteiger partial charge in [0.05, 0.1) is 12.7 Å². The van der Waals surface area contributed by atoms with Gasteiger partial charge in [-0.25, -0.2) is 9.38 Å². The lowest BCUT2D eigenvalue weighted by Gasteiger charge is -2.12. The molecular weight excluding hydrogens is 349 g/mol. The molecule has 0 aliphatic heterocycles. The van der Waals surface area contributed by atoms with Crippen molar-refractivity contribution in [2.75, 3.05) is 19.3 Å². The summed E-state index contributed by atoms with van der Waals surface area (Å²) in [5.74, 6) is 1.38. The number of aliphatic imine (C=N–C) groups is 1. The van der Waals surface area contributed by atoms with Crippen molar-refractivity contribution in [1.29, 1.82) is 0 Å². The van der Waals surface area contributed by atoms with Crippen LogP contribution in [0.1, 0.15) is 35.7 Å². The summed E-state index contributed by atoms with van der Waals surface area (Å²) in [6.07, 6.45) is 5.88. The number of halogens is 1. The van der Waals surface area contributed by atoms with E-state index in [1.807, 2.05) is 32.4 Å². The molecule has 7 heteroatoms. The first-order chi connectivity index (χ1) is 12.6. The van der Waals surface area contributed by atoms with E-state index in [0.717, 1.165) is 54.5 Å². The molecule has 0 unspecified atom stereocenters. The lowest BCUT2D eigenvalue weighted by molar-refractivity contribution is 0.625. The van der Waals surface area contributed by atoms with Crippen molar-refractivity contribution >= 4 is 17.7 Å². The standard InChI is InChI=1S/C19H28FN5S/c1-4-21-19(22-9-5-6-15-12-24-25-14(15)2)23-11-16-7-8-18(20)10-17(16)13-26-3/h7-8,10,12H,4-6,9,11,13H2,1-3H3,(H,24,25)(H2,21,22,23). The minimum absolute atomic E-state index is 0.193. The van der Waals surface area contributed by atoms with Gasteiger partial charge in [0.2, 0.25) is 0 Å². The van der Waals surface area contributed by atoms with Crippen LogP contribution in [0.3, 0.4) is 0 Å². The maximum Gasteiger partial charge on any atom is 0.191 e. The van der Waals surface area contributed by atoms with Crippen LogP contribution in [0.5, 0.6) is 0 Å². The number of hydrogen-bond donors (Lipinski definition) is 3. The van der Waals surface area contributed by atoms with Crippen LogP contribution in [-0.4, -0.2) is 35.5 Å². The third-order valence-electron chi connectivity index (χ3n) is 4.07. The van der Waals surface area contributed by atoms with Gasteiger partial charge in [-0.2, -0.15) is 16.9 Å². The molecule has 3 N–H and O–H groups in total. The molecule has 2 rings (SSSR count). The van der Waals surface area contributed by atoms with Crippen LogP contribution >= 0.6 is 11.8 Å². The van der Waals surface area contributed by atoms with E-state index in [2.05, 4.69) is 25.8 Å². The molecule has 0 aliphatic carbocycles. The fraction of sp³-hybridized carbons (Fsp3) is 0.474. The molecule has 0 aliphatic rings. The minimum atomic E-state index is -0.193. The van der Waals surface area contributed by atoms with E-state index in [1.165, 1.54) is 11.6 Å². The third kappa shape index (κ3) is 6.37. The fourth-order valence-electron chi connectivity index (χ4n) is 2.66. The smallest absolute Gasteiger partial charge is 0.191 e. The summed E-state index contributed by atoms with van der Waals surface area (Å²) in [5.41, 5.74) is 4.45. The molecule has 0 fully saturated rings. The Hall–Kier alpha value is -2.02. The molecule has 0 bridgehead atoms. The molecule has 26 heavy (non-hydrogen) atoms. The lowest BCUT2D eigenvalue weighted by atomic mass is 10.1. The Morgan fingerprint density at radius 1 is 1.27 bits per heavy atom. The molecular formula is C19H28FN5S. The van der Waals surface area contributed by atoms with E-state index in [0.29, 0.717) is 6.54 Å². The van der Waals surface area contributed by atoms with E-state index in [4.69, 9.17) is 0 Å². The zero-order valence-corrected chi connectivity index (χ0v) is 16.5. The number of guanidine groups is 1. The number of aromatic amines is 1. The third-order valence-corrected chi connectivity index (χ3v) is 4.67. The van der Waals surface area contributed by atoms with Crippen LogP contribution in [0, 0.1) is 12.7 Å².